The molecule has 1 atom stereocenters. The lowest BCUT2D eigenvalue weighted by Crippen LogP contribution is -2.34. The molecule has 2 aromatic carbocycles. The van der Waals surface area contributed by atoms with Crippen molar-refractivity contribution in [3.63, 3.8) is 0 Å². The number of carbonyl (C=O) groups is 2. The van der Waals surface area contributed by atoms with Gasteiger partial charge in [-0.2, -0.15) is 0 Å². The maximum Gasteiger partial charge on any atom is 0.229 e. The first-order valence-corrected chi connectivity index (χ1v) is 14.6. The summed E-state index contributed by atoms with van der Waals surface area (Å²) in [7, 11) is 0. The molecule has 2 amide bonds. The third-order valence-corrected chi connectivity index (χ3v) is 8.50. The Morgan fingerprint density at radius 1 is 1.03 bits per heavy atom. The molecule has 0 aromatic heterocycles. The van der Waals surface area contributed by atoms with Crippen LogP contribution in [-0.4, -0.2) is 47.9 Å². The topological polar surface area (TPSA) is 59.1 Å². The van der Waals surface area contributed by atoms with Gasteiger partial charge < -0.3 is 9.47 Å². The van der Waals surface area contributed by atoms with Crippen molar-refractivity contribution in [1.29, 1.82) is 0 Å². The fourth-order valence-corrected chi connectivity index (χ4v) is 6.45. The van der Waals surface area contributed by atoms with Crippen molar-refractivity contribution in [1.82, 2.24) is 9.80 Å². The molecule has 1 aliphatic carbocycles. The summed E-state index contributed by atoms with van der Waals surface area (Å²) in [5.74, 6) is 2.44. The Morgan fingerprint density at radius 3 is 2.55 bits per heavy atom. The molecule has 204 valence electrons. The highest BCUT2D eigenvalue weighted by atomic mass is 16.5. The molecule has 2 aromatic rings. The van der Waals surface area contributed by atoms with Gasteiger partial charge >= 0.3 is 0 Å². The van der Waals surface area contributed by atoms with Crippen molar-refractivity contribution >= 4 is 11.8 Å². The summed E-state index contributed by atoms with van der Waals surface area (Å²) >= 11 is 0. The molecule has 5 rings (SSSR count). The zero-order chi connectivity index (χ0) is 26.5. The summed E-state index contributed by atoms with van der Waals surface area (Å²) in [6.45, 7) is 7.85. The number of hydrogen-bond donors (Lipinski definition) is 0. The normalized spacial score (nSPS) is 18.7. The predicted molar refractivity (Wildman–Crippen MR) is 148 cm³/mol. The van der Waals surface area contributed by atoms with Crippen LogP contribution in [0.3, 0.4) is 0 Å². The first-order valence-electron chi connectivity index (χ1n) is 14.6. The molecule has 0 radical (unpaired) electrons. The molecule has 1 saturated carbocycles. The molecule has 38 heavy (non-hydrogen) atoms. The van der Waals surface area contributed by atoms with E-state index >= 15 is 0 Å². The van der Waals surface area contributed by atoms with Crippen LogP contribution in [-0.2, 0) is 22.6 Å². The summed E-state index contributed by atoms with van der Waals surface area (Å²) < 4.78 is 11.8. The molecule has 1 unspecified atom stereocenters. The standard InChI is InChI=1S/C32H42N2O4/c1-3-28(26-10-12-30-27(20-26)15-17-37-30)33(21-24-7-5-4-6-8-24)22-25-9-11-29(23(2)19-25)38-18-16-34-31(35)13-14-32(34)36/h9-12,19-20,24,28H,3-8,13-18,21-22H2,1-2H3. The first-order chi connectivity index (χ1) is 18.5. The number of rotatable bonds is 11. The van der Waals surface area contributed by atoms with Crippen LogP contribution < -0.4 is 9.47 Å². The molecule has 1 saturated heterocycles. The number of aryl methyl sites for hydroxylation is 1. The summed E-state index contributed by atoms with van der Waals surface area (Å²) in [5.41, 5.74) is 5.11. The van der Waals surface area contributed by atoms with Crippen molar-refractivity contribution in [2.75, 3.05) is 26.3 Å². The minimum Gasteiger partial charge on any atom is -0.493 e. The number of amides is 2. The minimum absolute atomic E-state index is 0.0925. The Labute approximate surface area is 227 Å². The lowest BCUT2D eigenvalue weighted by atomic mass is 9.88. The molecule has 0 N–H and O–H groups in total. The van der Waals surface area contributed by atoms with Crippen LogP contribution >= 0.6 is 0 Å². The Kier molecular flexibility index (Phi) is 8.68. The number of hydrogen-bond acceptors (Lipinski definition) is 5. The molecule has 3 aliphatic rings. The van der Waals surface area contributed by atoms with Crippen LogP contribution in [0.1, 0.15) is 86.6 Å². The average Bonchev–Trinajstić information content (AvgIpc) is 3.52. The van der Waals surface area contributed by atoms with E-state index < -0.39 is 0 Å². The van der Waals surface area contributed by atoms with Gasteiger partial charge in [0.15, 0.2) is 0 Å². The highest BCUT2D eigenvalue weighted by Crippen LogP contribution is 2.35. The molecule has 2 fully saturated rings. The van der Waals surface area contributed by atoms with Gasteiger partial charge in [-0.3, -0.25) is 19.4 Å². The lowest BCUT2D eigenvalue weighted by molar-refractivity contribution is -0.138. The van der Waals surface area contributed by atoms with Gasteiger partial charge in [0.25, 0.3) is 0 Å². The number of carbonyl (C=O) groups excluding carboxylic acids is 2. The maximum atomic E-state index is 11.9. The van der Waals surface area contributed by atoms with Gasteiger partial charge in [0.05, 0.1) is 13.2 Å². The molecule has 6 nitrogen and oxygen atoms in total. The van der Waals surface area contributed by atoms with Crippen LogP contribution in [0.25, 0.3) is 0 Å². The maximum absolute atomic E-state index is 11.9. The second kappa shape index (κ2) is 12.3. The van der Waals surface area contributed by atoms with Crippen LogP contribution in [0, 0.1) is 12.8 Å². The summed E-state index contributed by atoms with van der Waals surface area (Å²) in [6, 6.07) is 13.6. The zero-order valence-electron chi connectivity index (χ0n) is 23.0. The van der Waals surface area contributed by atoms with E-state index in [1.165, 1.54) is 53.7 Å². The van der Waals surface area contributed by atoms with Crippen molar-refractivity contribution in [2.45, 2.75) is 84.2 Å². The molecule has 2 heterocycles. The van der Waals surface area contributed by atoms with E-state index in [4.69, 9.17) is 9.47 Å². The summed E-state index contributed by atoms with van der Waals surface area (Å²) in [5, 5.41) is 0. The molecule has 0 bridgehead atoms. The number of ether oxygens (including phenoxy) is 2. The van der Waals surface area contributed by atoms with E-state index in [-0.39, 0.29) is 11.8 Å². The minimum atomic E-state index is -0.0925. The van der Waals surface area contributed by atoms with E-state index in [1.54, 1.807) is 0 Å². The lowest BCUT2D eigenvalue weighted by Gasteiger charge is -2.36. The van der Waals surface area contributed by atoms with E-state index in [0.29, 0.717) is 32.0 Å². The average molecular weight is 519 g/mol. The smallest absolute Gasteiger partial charge is 0.229 e. The molecular weight excluding hydrogens is 476 g/mol. The van der Waals surface area contributed by atoms with Crippen LogP contribution in [0.4, 0.5) is 0 Å². The van der Waals surface area contributed by atoms with E-state index in [0.717, 1.165) is 55.5 Å². The number of fused-ring (bicyclic) bond motifs is 1. The van der Waals surface area contributed by atoms with Crippen LogP contribution in [0.2, 0.25) is 0 Å². The second-order valence-corrected chi connectivity index (χ2v) is 11.2. The fourth-order valence-electron chi connectivity index (χ4n) is 6.45. The van der Waals surface area contributed by atoms with E-state index in [2.05, 4.69) is 49.1 Å². The predicted octanol–water partition coefficient (Wildman–Crippen LogP) is 5.99. The Morgan fingerprint density at radius 2 is 1.82 bits per heavy atom. The highest BCUT2D eigenvalue weighted by molar-refractivity contribution is 6.01. The largest absolute Gasteiger partial charge is 0.493 e. The van der Waals surface area contributed by atoms with Crippen LogP contribution in [0.5, 0.6) is 11.5 Å². The van der Waals surface area contributed by atoms with Crippen molar-refractivity contribution in [3.05, 3.63) is 58.7 Å². The Bertz CT molecular complexity index is 1120. The van der Waals surface area contributed by atoms with Gasteiger partial charge in [-0.15, -0.1) is 0 Å². The summed E-state index contributed by atoms with van der Waals surface area (Å²) in [6.07, 6.45) is 9.46. The second-order valence-electron chi connectivity index (χ2n) is 11.2. The quantitative estimate of drug-likeness (QED) is 0.342. The van der Waals surface area contributed by atoms with Gasteiger partial charge in [-0.1, -0.05) is 50.5 Å². The number of benzene rings is 2. The fraction of sp³-hybridized carbons (Fsp3) is 0.562. The number of nitrogens with zero attached hydrogens (tertiary/aromatic N) is 2. The molecule has 2 aliphatic heterocycles. The van der Waals surface area contributed by atoms with Gasteiger partial charge in [-0.05, 0) is 66.5 Å². The third-order valence-electron chi connectivity index (χ3n) is 8.50. The van der Waals surface area contributed by atoms with Crippen molar-refractivity contribution in [3.8, 4) is 11.5 Å². The zero-order valence-corrected chi connectivity index (χ0v) is 23.0. The van der Waals surface area contributed by atoms with Gasteiger partial charge in [-0.25, -0.2) is 0 Å². The van der Waals surface area contributed by atoms with Gasteiger partial charge in [0, 0.05) is 38.4 Å². The van der Waals surface area contributed by atoms with Gasteiger partial charge in [0.2, 0.25) is 11.8 Å². The summed E-state index contributed by atoms with van der Waals surface area (Å²) in [4.78, 5) is 27.7. The Balaban J connectivity index is 1.29. The van der Waals surface area contributed by atoms with Crippen molar-refractivity contribution in [2.24, 2.45) is 5.92 Å². The number of imide groups is 1. The SMILES string of the molecule is CCC(c1ccc2c(c1)CCO2)N(Cc1ccc(OCCN2C(=O)CCC2=O)c(C)c1)CC1CCCCC1. The third kappa shape index (κ3) is 6.23. The monoisotopic (exact) mass is 518 g/mol. The van der Waals surface area contributed by atoms with E-state index in [9.17, 15) is 9.59 Å². The number of likely N-dealkylation sites (tertiary alicyclic amines) is 1. The Hall–Kier alpha value is -2.86. The van der Waals surface area contributed by atoms with Crippen LogP contribution in [0.15, 0.2) is 36.4 Å². The molecule has 6 heteroatoms. The van der Waals surface area contributed by atoms with E-state index in [1.807, 2.05) is 6.07 Å². The molecular formula is C32H42N2O4. The van der Waals surface area contributed by atoms with Gasteiger partial charge in [0.1, 0.15) is 18.1 Å². The van der Waals surface area contributed by atoms with Crippen molar-refractivity contribution < 1.29 is 19.1 Å². The molecule has 0 spiro atoms. The highest BCUT2D eigenvalue weighted by Gasteiger charge is 2.29. The first kappa shape index (κ1) is 26.7.